The Morgan fingerprint density at radius 3 is 2.45 bits per heavy atom. The summed E-state index contributed by atoms with van der Waals surface area (Å²) in [4.78, 5) is 7.57. The Labute approximate surface area is 138 Å². The van der Waals surface area contributed by atoms with E-state index in [1.165, 1.54) is 0 Å². The van der Waals surface area contributed by atoms with Gasteiger partial charge in [-0.25, -0.2) is 12.5 Å². The standard InChI is InChI=1S/C13H19ClFIN4/c1-12(2)5-8(6-13(3,4)20(12)16)18-10-9(15)7-17-11(14)19-10/h7-8H,5-6H2,1-4H3,(H,17,18,19). The monoisotopic (exact) mass is 412 g/mol. The summed E-state index contributed by atoms with van der Waals surface area (Å²) in [7, 11) is 0. The molecule has 0 amide bonds. The molecule has 1 fully saturated rings. The molecule has 7 heteroatoms. The fourth-order valence-corrected chi connectivity index (χ4v) is 3.53. The Hall–Kier alpha value is -0.210. The molecule has 0 saturated carbocycles. The van der Waals surface area contributed by atoms with Gasteiger partial charge in [0.1, 0.15) is 0 Å². The molecule has 0 bridgehead atoms. The summed E-state index contributed by atoms with van der Waals surface area (Å²) in [6.07, 6.45) is 2.91. The average Bonchev–Trinajstić information content (AvgIpc) is 2.30. The summed E-state index contributed by atoms with van der Waals surface area (Å²) in [5.74, 6) is -0.287. The van der Waals surface area contributed by atoms with E-state index in [9.17, 15) is 4.39 Å². The lowest BCUT2D eigenvalue weighted by Gasteiger charge is -2.52. The van der Waals surface area contributed by atoms with Crippen molar-refractivity contribution in [3.05, 3.63) is 17.3 Å². The van der Waals surface area contributed by atoms with Crippen molar-refractivity contribution >= 4 is 40.3 Å². The second-order valence-corrected chi connectivity index (χ2v) is 7.79. The van der Waals surface area contributed by atoms with E-state index < -0.39 is 5.82 Å². The van der Waals surface area contributed by atoms with Gasteiger partial charge >= 0.3 is 0 Å². The fourth-order valence-electron chi connectivity index (χ4n) is 3.00. The van der Waals surface area contributed by atoms with Crippen LogP contribution in [0.3, 0.4) is 0 Å². The zero-order valence-electron chi connectivity index (χ0n) is 12.0. The predicted molar refractivity (Wildman–Crippen MR) is 87.7 cm³/mol. The summed E-state index contributed by atoms with van der Waals surface area (Å²) in [5.41, 5.74) is 0.0422. The van der Waals surface area contributed by atoms with Crippen LogP contribution in [0, 0.1) is 5.82 Å². The van der Waals surface area contributed by atoms with Crippen molar-refractivity contribution in [3.8, 4) is 0 Å². The molecule has 4 nitrogen and oxygen atoms in total. The molecule has 0 aliphatic carbocycles. The van der Waals surface area contributed by atoms with Crippen LogP contribution in [-0.2, 0) is 0 Å². The molecule has 0 aromatic carbocycles. The van der Waals surface area contributed by atoms with Crippen LogP contribution < -0.4 is 5.32 Å². The molecule has 1 N–H and O–H groups in total. The van der Waals surface area contributed by atoms with Gasteiger partial charge in [0.15, 0.2) is 11.6 Å². The van der Waals surface area contributed by atoms with E-state index in [1.54, 1.807) is 0 Å². The molecule has 0 atom stereocenters. The topological polar surface area (TPSA) is 41.1 Å². The van der Waals surface area contributed by atoms with Crippen LogP contribution in [0.1, 0.15) is 40.5 Å². The third-order valence-corrected chi connectivity index (χ3v) is 6.40. The van der Waals surface area contributed by atoms with Gasteiger partial charge in [-0.2, -0.15) is 4.98 Å². The number of hydrogen-bond acceptors (Lipinski definition) is 4. The first kappa shape index (κ1) is 16.2. The highest BCUT2D eigenvalue weighted by molar-refractivity contribution is 14.1. The minimum atomic E-state index is -0.470. The van der Waals surface area contributed by atoms with Gasteiger partial charge in [0.05, 0.1) is 6.20 Å². The maximum absolute atomic E-state index is 13.7. The average molecular weight is 413 g/mol. The number of piperidine rings is 1. The van der Waals surface area contributed by atoms with Crippen LogP contribution in [0.4, 0.5) is 10.2 Å². The maximum atomic E-state index is 13.7. The van der Waals surface area contributed by atoms with Crippen LogP contribution in [0.15, 0.2) is 6.20 Å². The lowest BCUT2D eigenvalue weighted by atomic mass is 9.79. The molecule has 0 unspecified atom stereocenters. The Kier molecular flexibility index (Phi) is 4.47. The minimum absolute atomic E-state index is 0.0211. The second-order valence-electron chi connectivity index (χ2n) is 6.49. The van der Waals surface area contributed by atoms with Crippen molar-refractivity contribution in [1.29, 1.82) is 0 Å². The van der Waals surface area contributed by atoms with E-state index in [4.69, 9.17) is 11.6 Å². The summed E-state index contributed by atoms with van der Waals surface area (Å²) < 4.78 is 16.1. The lowest BCUT2D eigenvalue weighted by molar-refractivity contribution is 0.0787. The van der Waals surface area contributed by atoms with Gasteiger partial charge in [-0.3, -0.25) is 0 Å². The summed E-state index contributed by atoms with van der Waals surface area (Å²) in [6.45, 7) is 8.77. The second kappa shape index (κ2) is 5.53. The van der Waals surface area contributed by atoms with Crippen molar-refractivity contribution in [2.75, 3.05) is 5.32 Å². The van der Waals surface area contributed by atoms with Gasteiger partial charge in [-0.1, -0.05) is 0 Å². The van der Waals surface area contributed by atoms with Gasteiger partial charge in [-0.05, 0) is 52.1 Å². The molecular weight excluding hydrogens is 394 g/mol. The first-order chi connectivity index (χ1) is 9.12. The largest absolute Gasteiger partial charge is 0.365 e. The normalized spacial score (nSPS) is 22.8. The van der Waals surface area contributed by atoms with E-state index >= 15 is 0 Å². The SMILES string of the molecule is CC1(C)CC(Nc2nc(Cl)ncc2F)CC(C)(C)N1I. The van der Waals surface area contributed by atoms with Crippen LogP contribution >= 0.6 is 34.5 Å². The van der Waals surface area contributed by atoms with Crippen LogP contribution in [0.25, 0.3) is 0 Å². The van der Waals surface area contributed by atoms with Crippen molar-refractivity contribution in [3.63, 3.8) is 0 Å². The van der Waals surface area contributed by atoms with Crippen molar-refractivity contribution in [2.45, 2.75) is 57.7 Å². The highest BCUT2D eigenvalue weighted by Gasteiger charge is 2.44. The van der Waals surface area contributed by atoms with Gasteiger partial charge in [0, 0.05) is 40.0 Å². The predicted octanol–water partition coefficient (Wildman–Crippen LogP) is 4.05. The van der Waals surface area contributed by atoms with Crippen molar-refractivity contribution in [1.82, 2.24) is 13.1 Å². The smallest absolute Gasteiger partial charge is 0.224 e. The van der Waals surface area contributed by atoms with Gasteiger partial charge in [-0.15, -0.1) is 0 Å². The third-order valence-electron chi connectivity index (χ3n) is 3.61. The molecule has 1 aromatic rings. The maximum Gasteiger partial charge on any atom is 0.224 e. The zero-order valence-corrected chi connectivity index (χ0v) is 15.0. The lowest BCUT2D eigenvalue weighted by Crippen LogP contribution is -2.58. The van der Waals surface area contributed by atoms with Crippen LogP contribution in [0.2, 0.25) is 5.28 Å². The summed E-state index contributed by atoms with van der Waals surface area (Å²) in [6, 6.07) is 0.145. The van der Waals surface area contributed by atoms with E-state index in [0.717, 1.165) is 19.0 Å². The highest BCUT2D eigenvalue weighted by Crippen LogP contribution is 2.41. The molecular formula is C13H19ClFIN4. The van der Waals surface area contributed by atoms with Gasteiger partial charge in [0.25, 0.3) is 0 Å². The van der Waals surface area contributed by atoms with Crippen LogP contribution in [0.5, 0.6) is 0 Å². The molecule has 0 radical (unpaired) electrons. The van der Waals surface area contributed by atoms with Crippen LogP contribution in [-0.4, -0.2) is 30.2 Å². The quantitative estimate of drug-likeness (QED) is 0.452. The first-order valence-corrected chi connectivity index (χ1v) is 7.87. The molecule has 2 rings (SSSR count). The van der Waals surface area contributed by atoms with Crippen molar-refractivity contribution < 1.29 is 4.39 Å². The van der Waals surface area contributed by atoms with Gasteiger partial charge < -0.3 is 5.32 Å². The molecule has 112 valence electrons. The molecule has 20 heavy (non-hydrogen) atoms. The Morgan fingerprint density at radius 2 is 1.90 bits per heavy atom. The first-order valence-electron chi connectivity index (χ1n) is 6.52. The van der Waals surface area contributed by atoms with Gasteiger partial charge in [0.2, 0.25) is 5.28 Å². The number of nitrogens with one attached hydrogen (secondary N) is 1. The fraction of sp³-hybridized carbons (Fsp3) is 0.692. The zero-order chi connectivity index (χ0) is 15.1. The van der Waals surface area contributed by atoms with Crippen molar-refractivity contribution in [2.24, 2.45) is 0 Å². The van der Waals surface area contributed by atoms with E-state index in [2.05, 4.69) is 69.0 Å². The number of halogens is 3. The molecule has 1 saturated heterocycles. The Bertz CT molecular complexity index is 491. The third kappa shape index (κ3) is 3.33. The van der Waals surface area contributed by atoms with E-state index in [-0.39, 0.29) is 28.2 Å². The molecule has 0 spiro atoms. The highest BCUT2D eigenvalue weighted by atomic mass is 127. The Balaban J connectivity index is 2.20. The number of aromatic nitrogens is 2. The number of hydrogen-bond donors (Lipinski definition) is 1. The molecule has 2 heterocycles. The molecule has 1 aromatic heterocycles. The Morgan fingerprint density at radius 1 is 1.35 bits per heavy atom. The summed E-state index contributed by atoms with van der Waals surface area (Å²) >= 11 is 8.11. The minimum Gasteiger partial charge on any atom is -0.365 e. The number of rotatable bonds is 2. The number of nitrogens with zero attached hydrogens (tertiary/aromatic N) is 3. The van der Waals surface area contributed by atoms with E-state index in [0.29, 0.717) is 0 Å². The summed E-state index contributed by atoms with van der Waals surface area (Å²) in [5, 5.41) is 3.24. The molecule has 1 aliphatic heterocycles. The molecule has 1 aliphatic rings. The van der Waals surface area contributed by atoms with E-state index in [1.807, 2.05) is 0 Å². The number of anilines is 1.